The highest BCUT2D eigenvalue weighted by Gasteiger charge is 2.18. The first-order chi connectivity index (χ1) is 9.29. The zero-order valence-electron chi connectivity index (χ0n) is 11.7. The van der Waals surface area contributed by atoms with Crippen molar-refractivity contribution in [2.75, 3.05) is 13.1 Å². The highest BCUT2D eigenvalue weighted by Crippen LogP contribution is 2.21. The minimum atomic E-state index is -0.263. The van der Waals surface area contributed by atoms with Crippen molar-refractivity contribution >= 4 is 23.1 Å². The van der Waals surface area contributed by atoms with Gasteiger partial charge in [0.2, 0.25) is 0 Å². The predicted molar refractivity (Wildman–Crippen MR) is 81.9 cm³/mol. The number of amides is 1. The van der Waals surface area contributed by atoms with E-state index in [1.54, 1.807) is 4.90 Å². The summed E-state index contributed by atoms with van der Waals surface area (Å²) in [6.45, 7) is 4.97. The van der Waals surface area contributed by atoms with Gasteiger partial charge in [0.1, 0.15) is 11.5 Å². The molecule has 0 aliphatic rings. The number of hydrogen-bond donors (Lipinski definition) is 3. The molecule has 1 aromatic carbocycles. The Labute approximate surface area is 124 Å². The van der Waals surface area contributed by atoms with Crippen molar-refractivity contribution in [3.8, 4) is 11.5 Å². The van der Waals surface area contributed by atoms with Crippen LogP contribution >= 0.6 is 12.2 Å². The zero-order chi connectivity index (χ0) is 15.3. The van der Waals surface area contributed by atoms with E-state index in [1.807, 2.05) is 13.8 Å². The lowest BCUT2D eigenvalue weighted by Gasteiger charge is -2.24. The smallest absolute Gasteiger partial charge is 0.254 e. The number of phenols is 2. The summed E-state index contributed by atoms with van der Waals surface area (Å²) in [6.07, 6.45) is 0.443. The summed E-state index contributed by atoms with van der Waals surface area (Å²) in [5.74, 6) is -0.267. The second-order valence-corrected chi connectivity index (χ2v) is 5.62. The normalized spacial score (nSPS) is 10.6. The van der Waals surface area contributed by atoms with Crippen molar-refractivity contribution in [3.63, 3.8) is 0 Å². The van der Waals surface area contributed by atoms with Gasteiger partial charge in [-0.15, -0.1) is 0 Å². The maximum atomic E-state index is 12.4. The van der Waals surface area contributed by atoms with Crippen LogP contribution in [0.2, 0.25) is 0 Å². The van der Waals surface area contributed by atoms with Gasteiger partial charge in [-0.1, -0.05) is 26.1 Å². The van der Waals surface area contributed by atoms with Crippen LogP contribution in [0.3, 0.4) is 0 Å². The Balaban J connectivity index is 2.93. The lowest BCUT2D eigenvalue weighted by atomic mass is 10.1. The molecule has 0 radical (unpaired) electrons. The SMILES string of the molecule is CC(C)CN(CCC(N)=S)C(=O)c1cc(O)cc(O)c1. The summed E-state index contributed by atoms with van der Waals surface area (Å²) < 4.78 is 0. The summed E-state index contributed by atoms with van der Waals surface area (Å²) in [4.78, 5) is 14.4. The summed E-state index contributed by atoms with van der Waals surface area (Å²) in [5, 5.41) is 18.9. The maximum absolute atomic E-state index is 12.4. The second kappa shape index (κ2) is 7.09. The van der Waals surface area contributed by atoms with Crippen molar-refractivity contribution in [2.24, 2.45) is 11.7 Å². The van der Waals surface area contributed by atoms with Crippen LogP contribution in [0, 0.1) is 5.92 Å². The monoisotopic (exact) mass is 296 g/mol. The molecule has 0 atom stereocenters. The molecule has 0 aliphatic carbocycles. The molecule has 0 spiro atoms. The van der Waals surface area contributed by atoms with Crippen LogP contribution in [-0.4, -0.2) is 39.1 Å². The largest absolute Gasteiger partial charge is 0.508 e. The molecule has 0 bridgehead atoms. The Morgan fingerprint density at radius 2 is 1.85 bits per heavy atom. The van der Waals surface area contributed by atoms with Crippen LogP contribution in [0.15, 0.2) is 18.2 Å². The molecular weight excluding hydrogens is 276 g/mol. The fourth-order valence-corrected chi connectivity index (χ4v) is 1.95. The number of nitrogens with zero attached hydrogens (tertiary/aromatic N) is 1. The van der Waals surface area contributed by atoms with E-state index in [9.17, 15) is 15.0 Å². The van der Waals surface area contributed by atoms with E-state index in [1.165, 1.54) is 18.2 Å². The Kier molecular flexibility index (Phi) is 5.76. The fraction of sp³-hybridized carbons (Fsp3) is 0.429. The number of carbonyl (C=O) groups is 1. The third-order valence-electron chi connectivity index (χ3n) is 2.65. The fourth-order valence-electron chi connectivity index (χ4n) is 1.86. The summed E-state index contributed by atoms with van der Waals surface area (Å²) in [6, 6.07) is 3.84. The molecular formula is C14H20N2O3S. The van der Waals surface area contributed by atoms with Gasteiger partial charge in [0.25, 0.3) is 5.91 Å². The third-order valence-corrected chi connectivity index (χ3v) is 2.85. The van der Waals surface area contributed by atoms with E-state index in [0.29, 0.717) is 24.5 Å². The highest BCUT2D eigenvalue weighted by atomic mass is 32.1. The second-order valence-electron chi connectivity index (χ2n) is 5.10. The van der Waals surface area contributed by atoms with Gasteiger partial charge in [0.15, 0.2) is 0 Å². The summed E-state index contributed by atoms with van der Waals surface area (Å²) >= 11 is 4.83. The molecule has 0 aromatic heterocycles. The minimum Gasteiger partial charge on any atom is -0.508 e. The number of aromatic hydroxyl groups is 2. The van der Waals surface area contributed by atoms with E-state index >= 15 is 0 Å². The maximum Gasteiger partial charge on any atom is 0.254 e. The van der Waals surface area contributed by atoms with Crippen molar-refractivity contribution in [1.82, 2.24) is 4.90 Å². The van der Waals surface area contributed by atoms with Gasteiger partial charge in [0, 0.05) is 31.1 Å². The molecule has 4 N–H and O–H groups in total. The molecule has 0 saturated heterocycles. The van der Waals surface area contributed by atoms with Crippen LogP contribution in [0.25, 0.3) is 0 Å². The van der Waals surface area contributed by atoms with E-state index in [0.717, 1.165) is 0 Å². The summed E-state index contributed by atoms with van der Waals surface area (Å²) in [5.41, 5.74) is 5.71. The Bertz CT molecular complexity index is 483. The first-order valence-electron chi connectivity index (χ1n) is 6.40. The van der Waals surface area contributed by atoms with Gasteiger partial charge in [0.05, 0.1) is 4.99 Å². The lowest BCUT2D eigenvalue weighted by Crippen LogP contribution is -2.36. The standard InChI is InChI=1S/C14H20N2O3S/c1-9(2)8-16(4-3-13(15)20)14(19)10-5-11(17)7-12(18)6-10/h5-7,9,17-18H,3-4,8H2,1-2H3,(H2,15,20). The molecule has 0 unspecified atom stereocenters. The molecule has 6 heteroatoms. The molecule has 110 valence electrons. The molecule has 1 amide bonds. The average molecular weight is 296 g/mol. The van der Waals surface area contributed by atoms with Crippen molar-refractivity contribution in [1.29, 1.82) is 0 Å². The molecule has 0 heterocycles. The number of nitrogens with two attached hydrogens (primary N) is 1. The van der Waals surface area contributed by atoms with Crippen LogP contribution in [0.5, 0.6) is 11.5 Å². The number of hydrogen-bond acceptors (Lipinski definition) is 4. The van der Waals surface area contributed by atoms with Crippen LogP contribution < -0.4 is 5.73 Å². The Hall–Kier alpha value is -1.82. The van der Waals surface area contributed by atoms with Crippen LogP contribution in [-0.2, 0) is 0 Å². The Morgan fingerprint density at radius 3 is 2.30 bits per heavy atom. The van der Waals surface area contributed by atoms with Gasteiger partial charge >= 0.3 is 0 Å². The van der Waals surface area contributed by atoms with E-state index < -0.39 is 0 Å². The number of benzene rings is 1. The molecule has 0 aliphatic heterocycles. The van der Waals surface area contributed by atoms with E-state index in [4.69, 9.17) is 18.0 Å². The predicted octanol–water partition coefficient (Wildman–Crippen LogP) is 1.87. The zero-order valence-corrected chi connectivity index (χ0v) is 12.5. The third kappa shape index (κ3) is 5.05. The summed E-state index contributed by atoms with van der Waals surface area (Å²) in [7, 11) is 0. The van der Waals surface area contributed by atoms with Gasteiger partial charge in [-0.2, -0.15) is 0 Å². The number of phenolic OH excluding ortho intramolecular Hbond substituents is 2. The molecule has 5 nitrogen and oxygen atoms in total. The molecule has 0 saturated carbocycles. The van der Waals surface area contributed by atoms with E-state index in [2.05, 4.69) is 0 Å². The molecule has 0 fully saturated rings. The van der Waals surface area contributed by atoms with E-state index in [-0.39, 0.29) is 28.9 Å². The average Bonchev–Trinajstić information content (AvgIpc) is 2.31. The topological polar surface area (TPSA) is 86.8 Å². The molecule has 1 aromatic rings. The lowest BCUT2D eigenvalue weighted by molar-refractivity contribution is 0.0740. The van der Waals surface area contributed by atoms with Crippen molar-refractivity contribution < 1.29 is 15.0 Å². The quantitative estimate of drug-likeness (QED) is 0.698. The minimum absolute atomic E-state index is 0.146. The highest BCUT2D eigenvalue weighted by molar-refractivity contribution is 7.80. The number of rotatable bonds is 6. The molecule has 20 heavy (non-hydrogen) atoms. The first kappa shape index (κ1) is 16.2. The van der Waals surface area contributed by atoms with Crippen molar-refractivity contribution in [3.05, 3.63) is 23.8 Å². The van der Waals surface area contributed by atoms with Gasteiger partial charge in [-0.05, 0) is 18.1 Å². The van der Waals surface area contributed by atoms with Gasteiger partial charge in [-0.3, -0.25) is 4.79 Å². The Morgan fingerprint density at radius 1 is 1.30 bits per heavy atom. The van der Waals surface area contributed by atoms with Crippen LogP contribution in [0.4, 0.5) is 0 Å². The number of carbonyl (C=O) groups excluding carboxylic acids is 1. The van der Waals surface area contributed by atoms with Crippen molar-refractivity contribution in [2.45, 2.75) is 20.3 Å². The van der Waals surface area contributed by atoms with Gasteiger partial charge < -0.3 is 20.8 Å². The molecule has 1 rings (SSSR count). The van der Waals surface area contributed by atoms with Crippen LogP contribution in [0.1, 0.15) is 30.6 Å². The first-order valence-corrected chi connectivity index (χ1v) is 6.81. The van der Waals surface area contributed by atoms with Gasteiger partial charge in [-0.25, -0.2) is 0 Å². The number of thiocarbonyl (C=S) groups is 1.